The molecule has 0 N–H and O–H groups in total. The fourth-order valence-electron chi connectivity index (χ4n) is 1.99. The molecule has 2 rings (SSSR count). The van der Waals surface area contributed by atoms with Gasteiger partial charge in [-0.2, -0.15) is 0 Å². The number of hydrogen-bond acceptors (Lipinski definition) is 4. The van der Waals surface area contributed by atoms with Crippen LogP contribution in [0, 0.1) is 0 Å². The summed E-state index contributed by atoms with van der Waals surface area (Å²) in [6.45, 7) is 2.60. The van der Waals surface area contributed by atoms with Gasteiger partial charge in [-0.25, -0.2) is 0 Å². The molecule has 1 unspecified atom stereocenters. The fraction of sp³-hybridized carbons (Fsp3) is 0.600. The first-order valence-corrected chi connectivity index (χ1v) is 4.86. The third kappa shape index (κ3) is 1.46. The molecule has 0 aromatic carbocycles. The highest BCUT2D eigenvalue weighted by atomic mass is 16.5. The molecule has 4 nitrogen and oxygen atoms in total. The Hall–Kier alpha value is -1.16. The maximum Gasteiger partial charge on any atom is 0.165 e. The third-order valence-corrected chi connectivity index (χ3v) is 2.80. The van der Waals surface area contributed by atoms with E-state index in [0.717, 1.165) is 25.1 Å². The second kappa shape index (κ2) is 3.53. The Morgan fingerprint density at radius 1 is 1.71 bits per heavy atom. The highest BCUT2D eigenvalue weighted by Gasteiger charge is 2.29. The summed E-state index contributed by atoms with van der Waals surface area (Å²) >= 11 is 0. The Balaban J connectivity index is 2.31. The molecule has 0 bridgehead atoms. The standard InChI is InChI=1S/C10H14N2O2/c1-7(13)8-6-11-14-10(8)9-4-3-5-12(9)2/h6,9H,3-5H2,1-2H3. The van der Waals surface area contributed by atoms with Gasteiger partial charge in [-0.05, 0) is 33.4 Å². The van der Waals surface area contributed by atoms with Gasteiger partial charge < -0.3 is 4.52 Å². The molecular weight excluding hydrogens is 180 g/mol. The number of aromatic nitrogens is 1. The van der Waals surface area contributed by atoms with E-state index in [4.69, 9.17) is 4.52 Å². The van der Waals surface area contributed by atoms with Crippen molar-refractivity contribution in [2.45, 2.75) is 25.8 Å². The molecule has 1 aromatic heterocycles. The number of carbonyl (C=O) groups excluding carboxylic acids is 1. The van der Waals surface area contributed by atoms with E-state index in [1.807, 2.05) is 7.05 Å². The van der Waals surface area contributed by atoms with Crippen molar-refractivity contribution < 1.29 is 9.32 Å². The highest BCUT2D eigenvalue weighted by molar-refractivity contribution is 5.94. The van der Waals surface area contributed by atoms with Gasteiger partial charge >= 0.3 is 0 Å². The van der Waals surface area contributed by atoms with Gasteiger partial charge in [-0.3, -0.25) is 9.69 Å². The molecule has 1 fully saturated rings. The average molecular weight is 194 g/mol. The van der Waals surface area contributed by atoms with E-state index < -0.39 is 0 Å². The topological polar surface area (TPSA) is 46.3 Å². The van der Waals surface area contributed by atoms with Crippen LogP contribution in [0.3, 0.4) is 0 Å². The quantitative estimate of drug-likeness (QED) is 0.671. The van der Waals surface area contributed by atoms with E-state index in [-0.39, 0.29) is 11.8 Å². The van der Waals surface area contributed by atoms with Crippen molar-refractivity contribution in [1.29, 1.82) is 0 Å². The molecule has 1 saturated heterocycles. The van der Waals surface area contributed by atoms with Crippen molar-refractivity contribution in [3.8, 4) is 0 Å². The maximum absolute atomic E-state index is 11.3. The summed E-state index contributed by atoms with van der Waals surface area (Å²) in [6.07, 6.45) is 3.72. The predicted octanol–water partition coefficient (Wildman–Crippen LogP) is 1.64. The molecule has 0 amide bonds. The number of likely N-dealkylation sites (tertiary alicyclic amines) is 1. The summed E-state index contributed by atoms with van der Waals surface area (Å²) in [4.78, 5) is 13.5. The van der Waals surface area contributed by atoms with Gasteiger partial charge in [-0.15, -0.1) is 0 Å². The minimum absolute atomic E-state index is 0.0292. The van der Waals surface area contributed by atoms with Gasteiger partial charge in [0, 0.05) is 0 Å². The van der Waals surface area contributed by atoms with Crippen molar-refractivity contribution in [1.82, 2.24) is 10.1 Å². The molecule has 0 aliphatic carbocycles. The van der Waals surface area contributed by atoms with Crippen LogP contribution in [0.1, 0.15) is 41.9 Å². The van der Waals surface area contributed by atoms with E-state index in [1.165, 1.54) is 6.20 Å². The van der Waals surface area contributed by atoms with Crippen molar-refractivity contribution in [2.75, 3.05) is 13.6 Å². The summed E-state index contributed by atoms with van der Waals surface area (Å²) in [5.74, 6) is 0.763. The SMILES string of the molecule is CC(=O)c1cnoc1C1CCCN1C. The minimum Gasteiger partial charge on any atom is -0.359 e. The lowest BCUT2D eigenvalue weighted by Gasteiger charge is -2.16. The summed E-state index contributed by atoms with van der Waals surface area (Å²) in [5.41, 5.74) is 0.628. The first-order valence-electron chi connectivity index (χ1n) is 4.86. The molecule has 1 aliphatic heterocycles. The van der Waals surface area contributed by atoms with Crippen LogP contribution in [-0.2, 0) is 0 Å². The van der Waals surface area contributed by atoms with Gasteiger partial charge in [-0.1, -0.05) is 5.16 Å². The predicted molar refractivity (Wildman–Crippen MR) is 51.1 cm³/mol. The Morgan fingerprint density at radius 3 is 3.07 bits per heavy atom. The lowest BCUT2D eigenvalue weighted by atomic mass is 10.1. The van der Waals surface area contributed by atoms with E-state index in [0.29, 0.717) is 5.56 Å². The lowest BCUT2D eigenvalue weighted by molar-refractivity contribution is 0.101. The first kappa shape index (κ1) is 9.40. The minimum atomic E-state index is 0.0292. The summed E-state index contributed by atoms with van der Waals surface area (Å²) < 4.78 is 5.17. The summed E-state index contributed by atoms with van der Waals surface area (Å²) in [6, 6.07) is 0.233. The summed E-state index contributed by atoms with van der Waals surface area (Å²) in [7, 11) is 2.05. The molecule has 0 saturated carbocycles. The zero-order valence-electron chi connectivity index (χ0n) is 8.49. The van der Waals surface area contributed by atoms with Crippen molar-refractivity contribution in [2.24, 2.45) is 0 Å². The first-order chi connectivity index (χ1) is 6.70. The van der Waals surface area contributed by atoms with Gasteiger partial charge in [0.25, 0.3) is 0 Å². The van der Waals surface area contributed by atoms with Crippen LogP contribution >= 0.6 is 0 Å². The van der Waals surface area contributed by atoms with Crippen LogP contribution < -0.4 is 0 Å². The molecule has 1 atom stereocenters. The van der Waals surface area contributed by atoms with Crippen molar-refractivity contribution in [3.05, 3.63) is 17.5 Å². The molecule has 2 heterocycles. The molecule has 0 spiro atoms. The van der Waals surface area contributed by atoms with E-state index in [2.05, 4.69) is 10.1 Å². The molecule has 1 aliphatic rings. The van der Waals surface area contributed by atoms with Crippen LogP contribution in [0.4, 0.5) is 0 Å². The van der Waals surface area contributed by atoms with Crippen LogP contribution in [0.2, 0.25) is 0 Å². The summed E-state index contributed by atoms with van der Waals surface area (Å²) in [5, 5.41) is 3.70. The van der Waals surface area contributed by atoms with Crippen LogP contribution in [0.25, 0.3) is 0 Å². The molecular formula is C10H14N2O2. The van der Waals surface area contributed by atoms with E-state index in [1.54, 1.807) is 6.92 Å². The zero-order valence-corrected chi connectivity index (χ0v) is 8.49. The fourth-order valence-corrected chi connectivity index (χ4v) is 1.99. The monoisotopic (exact) mass is 194 g/mol. The van der Waals surface area contributed by atoms with Crippen LogP contribution in [0.5, 0.6) is 0 Å². The maximum atomic E-state index is 11.3. The van der Waals surface area contributed by atoms with Crippen molar-refractivity contribution in [3.63, 3.8) is 0 Å². The normalized spacial score (nSPS) is 22.9. The van der Waals surface area contributed by atoms with Crippen molar-refractivity contribution >= 4 is 5.78 Å². The Bertz CT molecular complexity index is 346. The number of Topliss-reactive ketones (excluding diaryl/α,β-unsaturated/α-hetero) is 1. The van der Waals surface area contributed by atoms with E-state index in [9.17, 15) is 4.79 Å². The average Bonchev–Trinajstić information content (AvgIpc) is 2.70. The Morgan fingerprint density at radius 2 is 2.50 bits per heavy atom. The zero-order chi connectivity index (χ0) is 10.1. The highest BCUT2D eigenvalue weighted by Crippen LogP contribution is 2.32. The number of ketones is 1. The Labute approximate surface area is 82.9 Å². The van der Waals surface area contributed by atoms with Crippen LogP contribution in [-0.4, -0.2) is 29.4 Å². The van der Waals surface area contributed by atoms with Gasteiger partial charge in [0.05, 0.1) is 17.8 Å². The number of rotatable bonds is 2. The molecule has 14 heavy (non-hydrogen) atoms. The second-order valence-corrected chi connectivity index (χ2v) is 3.80. The second-order valence-electron chi connectivity index (χ2n) is 3.80. The number of nitrogens with zero attached hydrogens (tertiary/aromatic N) is 2. The number of carbonyl (C=O) groups is 1. The molecule has 76 valence electrons. The smallest absolute Gasteiger partial charge is 0.165 e. The van der Waals surface area contributed by atoms with Gasteiger partial charge in [0.15, 0.2) is 11.5 Å². The Kier molecular flexibility index (Phi) is 2.37. The van der Waals surface area contributed by atoms with Crippen LogP contribution in [0.15, 0.2) is 10.7 Å². The van der Waals surface area contributed by atoms with E-state index >= 15 is 0 Å². The third-order valence-electron chi connectivity index (χ3n) is 2.80. The largest absolute Gasteiger partial charge is 0.359 e. The molecule has 0 radical (unpaired) electrons. The number of hydrogen-bond donors (Lipinski definition) is 0. The lowest BCUT2D eigenvalue weighted by Crippen LogP contribution is -2.18. The van der Waals surface area contributed by atoms with Gasteiger partial charge in [0.1, 0.15) is 0 Å². The molecule has 1 aromatic rings. The molecule has 4 heteroatoms. The van der Waals surface area contributed by atoms with Gasteiger partial charge in [0.2, 0.25) is 0 Å².